The SMILES string of the molecule is CC1(NC(=O)c2cnc(C(=N)c3cccc(OC(F)F)c3)c(NC[C@@H](O)C(F)(F)F)c2)CS(=O)(=O)C1. The average Bonchev–Trinajstić information content (AvgIpc) is 2.74. The second-order valence-electron chi connectivity index (χ2n) is 8.39. The second-order valence-corrected chi connectivity index (χ2v) is 10.5. The lowest BCUT2D eigenvalue weighted by Crippen LogP contribution is -2.63. The van der Waals surface area contributed by atoms with Crippen molar-refractivity contribution in [1.82, 2.24) is 10.3 Å². The maximum Gasteiger partial charge on any atom is 0.416 e. The van der Waals surface area contributed by atoms with Gasteiger partial charge in [-0.3, -0.25) is 15.2 Å². The van der Waals surface area contributed by atoms with Crippen LogP contribution in [-0.2, 0) is 9.84 Å². The van der Waals surface area contributed by atoms with Crippen LogP contribution in [0.1, 0.15) is 28.5 Å². The minimum absolute atomic E-state index is 0.0319. The van der Waals surface area contributed by atoms with Crippen molar-refractivity contribution in [3.63, 3.8) is 0 Å². The smallest absolute Gasteiger partial charge is 0.416 e. The number of aromatic nitrogens is 1. The molecule has 36 heavy (non-hydrogen) atoms. The molecule has 0 spiro atoms. The largest absolute Gasteiger partial charge is 0.435 e. The third-order valence-corrected chi connectivity index (χ3v) is 7.24. The first-order valence-electron chi connectivity index (χ1n) is 10.2. The molecule has 1 atom stereocenters. The number of pyridine rings is 1. The van der Waals surface area contributed by atoms with Gasteiger partial charge in [-0.2, -0.15) is 22.0 Å². The van der Waals surface area contributed by atoms with Crippen molar-refractivity contribution < 1.29 is 45.0 Å². The molecule has 1 fully saturated rings. The molecule has 196 valence electrons. The van der Waals surface area contributed by atoms with E-state index >= 15 is 0 Å². The predicted octanol–water partition coefficient (Wildman–Crippen LogP) is 2.35. The van der Waals surface area contributed by atoms with E-state index in [1.807, 2.05) is 0 Å². The van der Waals surface area contributed by atoms with Gasteiger partial charge in [0.15, 0.2) is 15.9 Å². The van der Waals surface area contributed by atoms with Crippen molar-refractivity contribution in [2.45, 2.75) is 31.4 Å². The number of carbonyl (C=O) groups excluding carboxylic acids is 1. The quantitative estimate of drug-likeness (QED) is 0.285. The number of aliphatic hydroxyl groups is 1. The number of hydrogen-bond acceptors (Lipinski definition) is 8. The zero-order valence-corrected chi connectivity index (χ0v) is 19.4. The van der Waals surface area contributed by atoms with E-state index in [0.29, 0.717) is 0 Å². The second kappa shape index (κ2) is 9.97. The van der Waals surface area contributed by atoms with Crippen molar-refractivity contribution in [3.8, 4) is 5.75 Å². The first-order valence-corrected chi connectivity index (χ1v) is 12.1. The molecule has 0 aliphatic carbocycles. The summed E-state index contributed by atoms with van der Waals surface area (Å²) in [4.78, 5) is 16.7. The van der Waals surface area contributed by atoms with Gasteiger partial charge in [0.25, 0.3) is 5.91 Å². The fourth-order valence-electron chi connectivity index (χ4n) is 3.56. The maximum absolute atomic E-state index is 12.8. The van der Waals surface area contributed by atoms with Crippen molar-refractivity contribution in [2.24, 2.45) is 0 Å². The molecule has 1 aliphatic heterocycles. The topological polar surface area (TPSA) is 141 Å². The Morgan fingerprint density at radius 1 is 1.25 bits per heavy atom. The number of halogens is 5. The van der Waals surface area contributed by atoms with Gasteiger partial charge in [0.1, 0.15) is 11.4 Å². The van der Waals surface area contributed by atoms with Gasteiger partial charge in [0.05, 0.1) is 34.0 Å². The highest BCUT2D eigenvalue weighted by Crippen LogP contribution is 2.26. The molecule has 4 N–H and O–H groups in total. The lowest BCUT2D eigenvalue weighted by Gasteiger charge is -2.38. The number of alkyl halides is 5. The van der Waals surface area contributed by atoms with Gasteiger partial charge in [-0.1, -0.05) is 12.1 Å². The number of nitrogens with zero attached hydrogens (tertiary/aromatic N) is 1. The molecule has 9 nitrogen and oxygen atoms in total. The molecule has 0 bridgehead atoms. The minimum Gasteiger partial charge on any atom is -0.435 e. The van der Waals surface area contributed by atoms with E-state index in [-0.39, 0.29) is 39.8 Å². The predicted molar refractivity (Wildman–Crippen MR) is 118 cm³/mol. The summed E-state index contributed by atoms with van der Waals surface area (Å²) in [5.41, 5.74) is -2.04. The molecule has 3 rings (SSSR count). The molecule has 2 aromatic rings. The summed E-state index contributed by atoms with van der Waals surface area (Å²) < 4.78 is 90.7. The maximum atomic E-state index is 12.8. The van der Waals surface area contributed by atoms with Crippen LogP contribution in [0, 0.1) is 5.41 Å². The van der Waals surface area contributed by atoms with Gasteiger partial charge in [-0.15, -0.1) is 0 Å². The van der Waals surface area contributed by atoms with Crippen LogP contribution in [0.15, 0.2) is 36.5 Å². The Kier molecular flexibility index (Phi) is 7.55. The number of aliphatic hydroxyl groups excluding tert-OH is 1. The van der Waals surface area contributed by atoms with Gasteiger partial charge >= 0.3 is 12.8 Å². The van der Waals surface area contributed by atoms with Crippen LogP contribution in [0.2, 0.25) is 0 Å². The number of benzene rings is 1. The third kappa shape index (κ3) is 6.66. The fourth-order valence-corrected chi connectivity index (χ4v) is 5.56. The van der Waals surface area contributed by atoms with Crippen molar-refractivity contribution in [1.29, 1.82) is 5.41 Å². The summed E-state index contributed by atoms with van der Waals surface area (Å²) >= 11 is 0. The first kappa shape index (κ1) is 27.3. The highest BCUT2D eigenvalue weighted by molar-refractivity contribution is 7.93. The van der Waals surface area contributed by atoms with Gasteiger partial charge < -0.3 is 20.5 Å². The average molecular weight is 536 g/mol. The van der Waals surface area contributed by atoms with E-state index in [1.54, 1.807) is 0 Å². The molecule has 1 aliphatic rings. The zero-order valence-electron chi connectivity index (χ0n) is 18.6. The number of sulfone groups is 1. The van der Waals surface area contributed by atoms with Crippen molar-refractivity contribution in [2.75, 3.05) is 23.4 Å². The highest BCUT2D eigenvalue weighted by Gasteiger charge is 2.46. The molecular weight excluding hydrogens is 515 g/mol. The summed E-state index contributed by atoms with van der Waals surface area (Å²) in [6.07, 6.45) is -6.70. The number of amides is 1. The summed E-state index contributed by atoms with van der Waals surface area (Å²) in [5, 5.41) is 22.6. The van der Waals surface area contributed by atoms with E-state index < -0.39 is 52.4 Å². The molecule has 0 unspecified atom stereocenters. The Morgan fingerprint density at radius 2 is 1.92 bits per heavy atom. The summed E-state index contributed by atoms with van der Waals surface area (Å²) in [6.45, 7) is -2.66. The number of hydrogen-bond donors (Lipinski definition) is 4. The number of ether oxygens (including phenoxy) is 1. The molecule has 1 aromatic carbocycles. The monoisotopic (exact) mass is 536 g/mol. The van der Waals surface area contributed by atoms with Crippen molar-refractivity contribution >= 4 is 27.1 Å². The lowest BCUT2D eigenvalue weighted by molar-refractivity contribution is -0.198. The van der Waals surface area contributed by atoms with E-state index in [0.717, 1.165) is 18.3 Å². The highest BCUT2D eigenvalue weighted by atomic mass is 32.2. The van der Waals surface area contributed by atoms with Gasteiger partial charge in [0, 0.05) is 18.3 Å². The zero-order chi connectivity index (χ0) is 26.9. The van der Waals surface area contributed by atoms with E-state index in [1.165, 1.54) is 25.1 Å². The van der Waals surface area contributed by atoms with E-state index in [4.69, 9.17) is 5.41 Å². The van der Waals surface area contributed by atoms with E-state index in [9.17, 15) is 40.3 Å². The third-order valence-electron chi connectivity index (χ3n) is 5.09. The Labute approximate surface area is 202 Å². The van der Waals surface area contributed by atoms with Crippen LogP contribution in [-0.4, -0.2) is 72.6 Å². The Balaban J connectivity index is 1.91. The van der Waals surface area contributed by atoms with Crippen LogP contribution < -0.4 is 15.4 Å². The van der Waals surface area contributed by atoms with Crippen LogP contribution >= 0.6 is 0 Å². The standard InChI is InChI=1S/C21H21F5N4O5S/c1-20(9-36(33,34)10-20)30-18(32)12-6-14(28-8-15(31)21(24,25)26)17(29-7-12)16(27)11-3-2-4-13(5-11)35-19(22)23/h2-7,15,19,27-28,31H,8-10H2,1H3,(H,30,32)/t15-/m1/s1. The number of rotatable bonds is 9. The molecule has 1 aromatic heterocycles. The van der Waals surface area contributed by atoms with Gasteiger partial charge in [0.2, 0.25) is 0 Å². The van der Waals surface area contributed by atoms with Crippen LogP contribution in [0.3, 0.4) is 0 Å². The molecular formula is C21H21F5N4O5S. The van der Waals surface area contributed by atoms with Crippen LogP contribution in [0.5, 0.6) is 5.75 Å². The van der Waals surface area contributed by atoms with Crippen LogP contribution in [0.4, 0.5) is 27.6 Å². The summed E-state index contributed by atoms with van der Waals surface area (Å²) in [7, 11) is -3.28. The molecule has 0 saturated carbocycles. The minimum atomic E-state index is -4.95. The first-order chi connectivity index (χ1) is 16.6. The van der Waals surface area contributed by atoms with Gasteiger partial charge in [-0.05, 0) is 25.1 Å². The summed E-state index contributed by atoms with van der Waals surface area (Å²) in [5.74, 6) is -1.61. The molecule has 0 radical (unpaired) electrons. The number of carbonyl (C=O) groups is 1. The van der Waals surface area contributed by atoms with Crippen molar-refractivity contribution in [3.05, 3.63) is 53.3 Å². The molecule has 15 heteroatoms. The number of nitrogens with one attached hydrogen (secondary N) is 3. The molecule has 1 amide bonds. The fraction of sp³-hybridized carbons (Fsp3) is 0.381. The Bertz CT molecular complexity index is 1260. The Hall–Kier alpha value is -3.33. The normalized spacial score (nSPS) is 17.1. The van der Waals surface area contributed by atoms with Gasteiger partial charge in [-0.25, -0.2) is 8.42 Å². The van der Waals surface area contributed by atoms with Crippen LogP contribution in [0.25, 0.3) is 0 Å². The Morgan fingerprint density at radius 3 is 2.50 bits per heavy atom. The lowest BCUT2D eigenvalue weighted by atomic mass is 10.0. The number of anilines is 1. The van der Waals surface area contributed by atoms with E-state index in [2.05, 4.69) is 20.4 Å². The summed E-state index contributed by atoms with van der Waals surface area (Å²) in [6, 6.07) is 6.07. The molecule has 1 saturated heterocycles. The molecule has 2 heterocycles.